The van der Waals surface area contributed by atoms with Crippen LogP contribution in [-0.4, -0.2) is 48.7 Å². The Morgan fingerprint density at radius 1 is 1.61 bits per heavy atom. The summed E-state index contributed by atoms with van der Waals surface area (Å²) in [6.45, 7) is 2.23. The molecule has 7 nitrogen and oxygen atoms in total. The molecule has 2 aliphatic rings. The molecule has 1 aromatic heterocycles. The van der Waals surface area contributed by atoms with Gasteiger partial charge in [0.25, 0.3) is 0 Å². The van der Waals surface area contributed by atoms with E-state index >= 15 is 0 Å². The van der Waals surface area contributed by atoms with Gasteiger partial charge in [-0.3, -0.25) is 9.69 Å². The third-order valence-electron chi connectivity index (χ3n) is 3.60. The van der Waals surface area contributed by atoms with Crippen LogP contribution in [0.4, 0.5) is 0 Å². The van der Waals surface area contributed by atoms with Gasteiger partial charge >= 0.3 is 29.6 Å². The van der Waals surface area contributed by atoms with Crippen LogP contribution < -0.4 is 34.7 Å². The number of hydrogen-bond acceptors (Lipinski definition) is 7. The Morgan fingerprint density at radius 3 is 2.91 bits per heavy atom. The quantitative estimate of drug-likeness (QED) is 0.413. The summed E-state index contributed by atoms with van der Waals surface area (Å²) >= 11 is 2.70. The summed E-state index contributed by atoms with van der Waals surface area (Å²) in [5, 5.41) is 20.7. The second-order valence-corrected chi connectivity index (χ2v) is 7.55. The molecule has 3 heterocycles. The van der Waals surface area contributed by atoms with Gasteiger partial charge in [-0.05, 0) is 6.92 Å². The number of aryl methyl sites for hydroxylation is 1. The summed E-state index contributed by atoms with van der Waals surface area (Å²) in [6, 6.07) is 0. The molecule has 118 valence electrons. The monoisotopic (exact) mass is 363 g/mol. The number of nitrogens with zero attached hydrogens (tertiary/aromatic N) is 3. The predicted octanol–water partition coefficient (Wildman–Crippen LogP) is -3.55. The van der Waals surface area contributed by atoms with Crippen molar-refractivity contribution in [2.75, 3.05) is 5.75 Å². The van der Waals surface area contributed by atoms with E-state index in [-0.39, 0.29) is 46.5 Å². The minimum absolute atomic E-state index is 0. The van der Waals surface area contributed by atoms with Gasteiger partial charge in [-0.1, -0.05) is 11.8 Å². The molecule has 0 aromatic carbocycles. The van der Waals surface area contributed by atoms with E-state index in [1.54, 1.807) is 19.4 Å². The number of β-lactam (4-membered cyclic amide) rings is 1. The first-order valence-corrected chi connectivity index (χ1v) is 8.59. The number of carbonyl (C=O) groups excluding carboxylic acids is 2. The summed E-state index contributed by atoms with van der Waals surface area (Å²) in [6.07, 6.45) is 4.41. The van der Waals surface area contributed by atoms with Crippen LogP contribution in [0.15, 0.2) is 28.7 Å². The van der Waals surface area contributed by atoms with Crippen LogP contribution in [0.2, 0.25) is 0 Å². The van der Waals surface area contributed by atoms with Crippen molar-refractivity contribution in [3.8, 4) is 0 Å². The molecular formula is C13H14N3NaO4S2. The van der Waals surface area contributed by atoms with Gasteiger partial charge in [0.2, 0.25) is 5.91 Å². The number of rotatable bonds is 6. The maximum atomic E-state index is 12.0. The fourth-order valence-electron chi connectivity index (χ4n) is 2.51. The molecule has 0 bridgehead atoms. The molecule has 23 heavy (non-hydrogen) atoms. The molecule has 10 heteroatoms. The zero-order chi connectivity index (χ0) is 15.9. The average molecular weight is 363 g/mol. The van der Waals surface area contributed by atoms with Gasteiger partial charge in [0.05, 0.1) is 34.3 Å². The van der Waals surface area contributed by atoms with Crippen molar-refractivity contribution in [1.29, 1.82) is 0 Å². The van der Waals surface area contributed by atoms with Crippen molar-refractivity contribution < 1.29 is 49.4 Å². The number of aliphatic hydroxyl groups excluding tert-OH is 1. The normalized spacial score (nSPS) is 24.1. The molecule has 3 atom stereocenters. The molecule has 1 amide bonds. The van der Waals surface area contributed by atoms with Crippen LogP contribution in [0.5, 0.6) is 0 Å². The van der Waals surface area contributed by atoms with Crippen molar-refractivity contribution in [2.45, 2.75) is 24.9 Å². The molecular weight excluding hydrogens is 349 g/mol. The minimum Gasteiger partial charge on any atom is -0.543 e. The Bertz CT molecular complexity index is 635. The van der Waals surface area contributed by atoms with E-state index in [4.69, 9.17) is 0 Å². The smallest absolute Gasteiger partial charge is 0.543 e. The average Bonchev–Trinajstić information content (AvgIpc) is 3.04. The maximum absolute atomic E-state index is 12.0. The topological polar surface area (TPSA) is 98.5 Å². The van der Waals surface area contributed by atoms with Crippen molar-refractivity contribution in [2.24, 2.45) is 5.92 Å². The van der Waals surface area contributed by atoms with E-state index in [1.807, 2.05) is 10.8 Å². The van der Waals surface area contributed by atoms with E-state index in [9.17, 15) is 19.8 Å². The summed E-state index contributed by atoms with van der Waals surface area (Å²) in [5.74, 6) is -1.59. The first kappa shape index (κ1) is 18.9. The number of aromatic nitrogens is 2. The number of hydrogen-bond donors (Lipinski definition) is 1. The van der Waals surface area contributed by atoms with Gasteiger partial charge in [-0.2, -0.15) is 0 Å². The van der Waals surface area contributed by atoms with E-state index in [0.29, 0.717) is 16.5 Å². The molecule has 1 fully saturated rings. The Labute approximate surface area is 163 Å². The van der Waals surface area contributed by atoms with Crippen LogP contribution in [0.3, 0.4) is 0 Å². The van der Waals surface area contributed by atoms with Crippen LogP contribution in [0.25, 0.3) is 0 Å². The van der Waals surface area contributed by atoms with Crippen LogP contribution in [0, 0.1) is 5.92 Å². The fraction of sp³-hybridized carbons (Fsp3) is 0.462. The number of carboxylic acid groups (broad SMARTS) is 1. The van der Waals surface area contributed by atoms with Gasteiger partial charge in [0, 0.05) is 24.7 Å². The molecule has 0 aliphatic carbocycles. The molecule has 0 spiro atoms. The number of carboxylic acids is 1. The number of aliphatic carboxylic acids is 1. The Kier molecular flexibility index (Phi) is 6.26. The first-order chi connectivity index (χ1) is 10.5. The number of fused-ring (bicyclic) bond motifs is 1. The molecule has 0 radical (unpaired) electrons. The third-order valence-corrected chi connectivity index (χ3v) is 6.24. The second kappa shape index (κ2) is 7.62. The SMILES string of the molecule is C[C@@H](O)[C@H]1C(=O)N2C(C(=O)[O-])=C(SCCn3ccnc3)S[C@H]12.[Na+]. The van der Waals surface area contributed by atoms with Crippen LogP contribution in [-0.2, 0) is 16.1 Å². The van der Waals surface area contributed by atoms with E-state index in [2.05, 4.69) is 4.98 Å². The minimum atomic E-state index is -1.35. The standard InChI is InChI=1S/C13H15N3O4S2.Na/c1-7(17)8-10(18)16-9(12(19)20)13(22-11(8)16)21-5-4-15-3-2-14-6-15;/h2-3,6-8,11,17H,4-5H2,1H3,(H,19,20);/q;+1/p-1/t7-,8+,11-;/m1./s1. The summed E-state index contributed by atoms with van der Waals surface area (Å²) < 4.78 is 2.46. The Hall–Kier alpha value is -0.450. The Morgan fingerprint density at radius 2 is 2.35 bits per heavy atom. The fourth-order valence-corrected chi connectivity index (χ4v) is 5.45. The number of amides is 1. The second-order valence-electron chi connectivity index (χ2n) is 5.06. The molecule has 1 saturated heterocycles. The number of thioether (sulfide) groups is 2. The number of carbonyl (C=O) groups is 2. The largest absolute Gasteiger partial charge is 1.00 e. The van der Waals surface area contributed by atoms with Gasteiger partial charge < -0.3 is 19.6 Å². The van der Waals surface area contributed by atoms with Crippen molar-refractivity contribution >= 4 is 35.4 Å². The van der Waals surface area contributed by atoms with Gasteiger partial charge in [0.1, 0.15) is 5.37 Å². The van der Waals surface area contributed by atoms with Crippen LogP contribution >= 0.6 is 23.5 Å². The van der Waals surface area contributed by atoms with Crippen molar-refractivity contribution in [1.82, 2.24) is 14.5 Å². The van der Waals surface area contributed by atoms with Crippen molar-refractivity contribution in [3.05, 3.63) is 28.7 Å². The summed E-state index contributed by atoms with van der Waals surface area (Å²) in [7, 11) is 0. The zero-order valence-electron chi connectivity index (χ0n) is 12.7. The van der Waals surface area contributed by atoms with E-state index < -0.39 is 18.0 Å². The molecule has 1 N–H and O–H groups in total. The maximum Gasteiger partial charge on any atom is 1.00 e. The molecule has 0 saturated carbocycles. The van der Waals surface area contributed by atoms with Gasteiger partial charge in [-0.25, -0.2) is 4.98 Å². The third kappa shape index (κ3) is 3.49. The molecule has 1 aromatic rings. The number of imidazole rings is 1. The van der Waals surface area contributed by atoms with Crippen LogP contribution in [0.1, 0.15) is 6.92 Å². The van der Waals surface area contributed by atoms with Crippen molar-refractivity contribution in [3.63, 3.8) is 0 Å². The molecule has 3 rings (SSSR count). The van der Waals surface area contributed by atoms with Gasteiger partial charge in [0.15, 0.2) is 0 Å². The predicted molar refractivity (Wildman–Crippen MR) is 80.1 cm³/mol. The number of aliphatic hydroxyl groups is 1. The molecule has 0 unspecified atom stereocenters. The van der Waals surface area contributed by atoms with Gasteiger partial charge in [-0.15, -0.1) is 11.8 Å². The van der Waals surface area contributed by atoms with E-state index in [1.165, 1.54) is 28.4 Å². The molecule has 2 aliphatic heterocycles. The Balaban J connectivity index is 0.00000192. The summed E-state index contributed by atoms with van der Waals surface area (Å²) in [5.41, 5.74) is -0.0625. The first-order valence-electron chi connectivity index (χ1n) is 6.72. The summed E-state index contributed by atoms with van der Waals surface area (Å²) in [4.78, 5) is 28.5. The zero-order valence-corrected chi connectivity index (χ0v) is 16.3. The van der Waals surface area contributed by atoms with E-state index in [0.717, 1.165) is 0 Å².